The van der Waals surface area contributed by atoms with Gasteiger partial charge in [-0.05, 0) is 43.4 Å². The molecule has 0 spiro atoms. The summed E-state index contributed by atoms with van der Waals surface area (Å²) >= 11 is 0. The molecule has 0 aliphatic carbocycles. The highest BCUT2D eigenvalue weighted by atomic mass is 16.5. The molecule has 4 heteroatoms. The standard InChI is InChI=1S/C17H22NO3/c1-3-14-7-9-15(10-8-14)11-12-16(19)18(20)17-6-4-5-13(2)21-17/h7-13,17H,3-6H2,1-2H3/q+1. The molecule has 1 fully saturated rings. The summed E-state index contributed by atoms with van der Waals surface area (Å²) in [5, 5.41) is 0. The molecule has 1 aromatic rings. The van der Waals surface area contributed by atoms with Crippen molar-refractivity contribution in [1.29, 1.82) is 0 Å². The molecule has 1 heterocycles. The second-order valence-electron chi connectivity index (χ2n) is 5.42. The smallest absolute Gasteiger partial charge is 0.315 e. The summed E-state index contributed by atoms with van der Waals surface area (Å²) in [4.78, 5) is 23.8. The summed E-state index contributed by atoms with van der Waals surface area (Å²) in [5.41, 5.74) is 2.15. The van der Waals surface area contributed by atoms with Crippen molar-refractivity contribution in [3.63, 3.8) is 0 Å². The monoisotopic (exact) mass is 288 g/mol. The molecular formula is C17H22NO3+. The van der Waals surface area contributed by atoms with Crippen LogP contribution < -0.4 is 0 Å². The lowest BCUT2D eigenvalue weighted by atomic mass is 10.1. The Hall–Kier alpha value is -1.81. The Balaban J connectivity index is 1.96. The second-order valence-corrected chi connectivity index (χ2v) is 5.42. The molecular weight excluding hydrogens is 266 g/mol. The number of carbonyl (C=O) groups is 1. The topological polar surface area (TPSA) is 46.4 Å². The summed E-state index contributed by atoms with van der Waals surface area (Å²) < 4.78 is 5.96. The number of amides is 1. The third-order valence-electron chi connectivity index (χ3n) is 3.74. The van der Waals surface area contributed by atoms with Gasteiger partial charge in [-0.15, -0.1) is 0 Å². The van der Waals surface area contributed by atoms with E-state index in [0.29, 0.717) is 11.2 Å². The molecule has 0 saturated carbocycles. The number of aryl methyl sites for hydroxylation is 1. The van der Waals surface area contributed by atoms with Gasteiger partial charge in [0, 0.05) is 11.3 Å². The lowest BCUT2D eigenvalue weighted by Gasteiger charge is -2.20. The molecule has 0 N–H and O–H groups in total. The zero-order valence-corrected chi connectivity index (χ0v) is 12.6. The van der Waals surface area contributed by atoms with Crippen molar-refractivity contribution in [2.24, 2.45) is 0 Å². The zero-order chi connectivity index (χ0) is 15.2. The molecule has 0 aromatic heterocycles. The van der Waals surface area contributed by atoms with Crippen LogP contribution >= 0.6 is 0 Å². The molecule has 1 aliphatic rings. The first kappa shape index (κ1) is 15.6. The maximum absolute atomic E-state index is 12.0. The number of nitrogens with zero attached hydrogens (tertiary/aromatic N) is 1. The van der Waals surface area contributed by atoms with Gasteiger partial charge >= 0.3 is 12.1 Å². The maximum Gasteiger partial charge on any atom is 0.461 e. The normalized spacial score (nSPS) is 22.4. The van der Waals surface area contributed by atoms with Crippen LogP contribution in [-0.4, -0.2) is 23.0 Å². The average Bonchev–Trinajstić information content (AvgIpc) is 2.52. The number of carbonyl (C=O) groups excluding carboxylic acids is 1. The number of hydrogen-bond donors (Lipinski definition) is 0. The van der Waals surface area contributed by atoms with E-state index in [4.69, 9.17) is 4.74 Å². The van der Waals surface area contributed by atoms with Crippen molar-refractivity contribution in [2.75, 3.05) is 0 Å². The van der Waals surface area contributed by atoms with Crippen LogP contribution in [0.25, 0.3) is 6.08 Å². The van der Waals surface area contributed by atoms with E-state index >= 15 is 0 Å². The molecule has 1 amide bonds. The first-order chi connectivity index (χ1) is 10.1. The molecule has 1 saturated heterocycles. The maximum atomic E-state index is 12.0. The van der Waals surface area contributed by atoms with Gasteiger partial charge in [-0.25, -0.2) is 4.79 Å². The van der Waals surface area contributed by atoms with Crippen molar-refractivity contribution in [1.82, 2.24) is 0 Å². The SMILES string of the molecule is CCc1ccc(C=CC(=O)[N+](=O)C2CCCC(C)O2)cc1. The molecule has 4 nitrogen and oxygen atoms in total. The Kier molecular flexibility index (Phi) is 5.39. The minimum Gasteiger partial charge on any atom is -0.315 e. The predicted octanol–water partition coefficient (Wildman–Crippen LogP) is 3.48. The van der Waals surface area contributed by atoms with Crippen LogP contribution in [0.2, 0.25) is 0 Å². The molecule has 2 atom stereocenters. The van der Waals surface area contributed by atoms with Gasteiger partial charge in [-0.1, -0.05) is 31.2 Å². The first-order valence-corrected chi connectivity index (χ1v) is 7.53. The van der Waals surface area contributed by atoms with Gasteiger partial charge < -0.3 is 4.74 Å². The van der Waals surface area contributed by atoms with Crippen LogP contribution in [0.5, 0.6) is 0 Å². The van der Waals surface area contributed by atoms with Gasteiger partial charge in [0.05, 0.1) is 12.2 Å². The fraction of sp³-hybridized carbons (Fsp3) is 0.471. The van der Waals surface area contributed by atoms with E-state index in [2.05, 4.69) is 6.92 Å². The summed E-state index contributed by atoms with van der Waals surface area (Å²) in [6, 6.07) is 7.92. The van der Waals surface area contributed by atoms with Gasteiger partial charge in [0.2, 0.25) is 0 Å². The van der Waals surface area contributed by atoms with Gasteiger partial charge in [-0.3, -0.25) is 0 Å². The van der Waals surface area contributed by atoms with Crippen LogP contribution in [-0.2, 0) is 16.0 Å². The fourth-order valence-corrected chi connectivity index (χ4v) is 2.40. The molecule has 0 radical (unpaired) electrons. The van der Waals surface area contributed by atoms with Crippen LogP contribution in [0.4, 0.5) is 0 Å². The van der Waals surface area contributed by atoms with Gasteiger partial charge in [0.15, 0.2) is 0 Å². The number of nitroso groups, excluding NO2 is 1. The van der Waals surface area contributed by atoms with Crippen molar-refractivity contribution in [3.05, 3.63) is 46.4 Å². The van der Waals surface area contributed by atoms with Gasteiger partial charge in [-0.2, -0.15) is 0 Å². The number of ether oxygens (including phenoxy) is 1. The molecule has 1 aromatic carbocycles. The minimum atomic E-state index is -0.645. The Morgan fingerprint density at radius 2 is 2.05 bits per heavy atom. The Bertz CT molecular complexity index is 533. The van der Waals surface area contributed by atoms with Crippen molar-refractivity contribution >= 4 is 12.0 Å². The van der Waals surface area contributed by atoms with Crippen molar-refractivity contribution in [3.8, 4) is 0 Å². The number of benzene rings is 1. The zero-order valence-electron chi connectivity index (χ0n) is 12.6. The Morgan fingerprint density at radius 3 is 2.67 bits per heavy atom. The molecule has 0 bridgehead atoms. The van der Waals surface area contributed by atoms with E-state index < -0.39 is 12.1 Å². The average molecular weight is 288 g/mol. The summed E-state index contributed by atoms with van der Waals surface area (Å²) in [7, 11) is 0. The fourth-order valence-electron chi connectivity index (χ4n) is 2.40. The van der Waals surface area contributed by atoms with Crippen LogP contribution in [0, 0.1) is 4.91 Å². The van der Waals surface area contributed by atoms with E-state index in [9.17, 15) is 9.70 Å². The van der Waals surface area contributed by atoms with Gasteiger partial charge in [0.1, 0.15) is 4.76 Å². The third-order valence-corrected chi connectivity index (χ3v) is 3.74. The van der Waals surface area contributed by atoms with E-state index in [1.165, 1.54) is 11.6 Å². The van der Waals surface area contributed by atoms with E-state index in [1.54, 1.807) is 6.08 Å². The van der Waals surface area contributed by atoms with Gasteiger partial charge in [0.25, 0.3) is 0 Å². The highest BCUT2D eigenvalue weighted by Gasteiger charge is 2.35. The lowest BCUT2D eigenvalue weighted by Crippen LogP contribution is -2.36. The summed E-state index contributed by atoms with van der Waals surface area (Å²) in [6.07, 6.45) is 5.83. The van der Waals surface area contributed by atoms with Crippen LogP contribution in [0.3, 0.4) is 0 Å². The van der Waals surface area contributed by atoms with Crippen LogP contribution in [0.1, 0.15) is 44.2 Å². The Labute approximate surface area is 125 Å². The Morgan fingerprint density at radius 1 is 1.33 bits per heavy atom. The van der Waals surface area contributed by atoms with Crippen molar-refractivity contribution in [2.45, 2.75) is 51.9 Å². The highest BCUT2D eigenvalue weighted by Crippen LogP contribution is 2.19. The van der Waals surface area contributed by atoms with E-state index in [1.807, 2.05) is 31.2 Å². The second kappa shape index (κ2) is 7.27. The first-order valence-electron chi connectivity index (χ1n) is 7.53. The molecule has 112 valence electrons. The summed E-state index contributed by atoms with van der Waals surface area (Å²) in [6.45, 7) is 4.02. The highest BCUT2D eigenvalue weighted by molar-refractivity contribution is 5.85. The molecule has 21 heavy (non-hydrogen) atoms. The predicted molar refractivity (Wildman–Crippen MR) is 81.7 cm³/mol. The van der Waals surface area contributed by atoms with Crippen molar-refractivity contribution < 1.29 is 14.3 Å². The largest absolute Gasteiger partial charge is 0.461 e. The van der Waals surface area contributed by atoms with Crippen LogP contribution in [0.15, 0.2) is 30.3 Å². The van der Waals surface area contributed by atoms with E-state index in [0.717, 1.165) is 24.8 Å². The lowest BCUT2D eigenvalue weighted by molar-refractivity contribution is -0.565. The molecule has 2 unspecified atom stereocenters. The molecule has 1 aliphatic heterocycles. The molecule has 2 rings (SSSR count). The quantitative estimate of drug-likeness (QED) is 0.629. The summed E-state index contributed by atoms with van der Waals surface area (Å²) in [5.74, 6) is -0.561. The van der Waals surface area contributed by atoms with E-state index in [-0.39, 0.29) is 6.10 Å². The number of hydrogen-bond acceptors (Lipinski definition) is 3. The number of rotatable bonds is 4. The third kappa shape index (κ3) is 4.33. The minimum absolute atomic E-state index is 0.0403.